The highest BCUT2D eigenvalue weighted by atomic mass is 16.5. The van der Waals surface area contributed by atoms with Gasteiger partial charge in [0.1, 0.15) is 0 Å². The molecular weight excluding hydrogens is 270 g/mol. The van der Waals surface area contributed by atoms with Gasteiger partial charge >= 0.3 is 5.97 Å². The molecule has 1 saturated heterocycles. The maximum absolute atomic E-state index is 12.7. The van der Waals surface area contributed by atoms with E-state index < -0.39 is 22.2 Å². The van der Waals surface area contributed by atoms with Gasteiger partial charge < -0.3 is 15.2 Å². The van der Waals surface area contributed by atoms with Crippen LogP contribution in [0.5, 0.6) is 0 Å². The molecule has 5 heteroatoms. The van der Waals surface area contributed by atoms with Crippen LogP contribution < -0.4 is 5.32 Å². The molecule has 2 aliphatic rings. The SMILES string of the molecule is CC1(C(=O)O)CCC(C)(C(=O)NCC2CCCO2)C1(C)C. The van der Waals surface area contributed by atoms with Crippen molar-refractivity contribution in [3.05, 3.63) is 0 Å². The number of amides is 1. The van der Waals surface area contributed by atoms with E-state index in [0.717, 1.165) is 19.4 Å². The minimum absolute atomic E-state index is 0.0482. The quantitative estimate of drug-likeness (QED) is 0.834. The predicted molar refractivity (Wildman–Crippen MR) is 78.8 cm³/mol. The Labute approximate surface area is 126 Å². The van der Waals surface area contributed by atoms with Crippen molar-refractivity contribution in [2.45, 2.75) is 59.5 Å². The molecule has 3 atom stereocenters. The van der Waals surface area contributed by atoms with Crippen molar-refractivity contribution in [3.63, 3.8) is 0 Å². The lowest BCUT2D eigenvalue weighted by Crippen LogP contribution is -2.52. The Hall–Kier alpha value is -1.10. The Balaban J connectivity index is 2.10. The molecule has 2 rings (SSSR count). The monoisotopic (exact) mass is 297 g/mol. The highest BCUT2D eigenvalue weighted by Crippen LogP contribution is 2.62. The van der Waals surface area contributed by atoms with Crippen molar-refractivity contribution in [2.24, 2.45) is 16.2 Å². The van der Waals surface area contributed by atoms with E-state index in [2.05, 4.69) is 5.32 Å². The second kappa shape index (κ2) is 5.27. The molecule has 5 nitrogen and oxygen atoms in total. The fraction of sp³-hybridized carbons (Fsp3) is 0.875. The Morgan fingerprint density at radius 1 is 1.19 bits per heavy atom. The van der Waals surface area contributed by atoms with Gasteiger partial charge in [-0.1, -0.05) is 20.8 Å². The zero-order valence-corrected chi connectivity index (χ0v) is 13.5. The number of carboxylic acids is 1. The number of hydrogen-bond donors (Lipinski definition) is 2. The fourth-order valence-corrected chi connectivity index (χ4v) is 3.71. The molecule has 0 aromatic carbocycles. The minimum atomic E-state index is -0.872. The van der Waals surface area contributed by atoms with E-state index in [1.165, 1.54) is 0 Å². The first kappa shape index (κ1) is 16.3. The van der Waals surface area contributed by atoms with Gasteiger partial charge in [0.15, 0.2) is 0 Å². The van der Waals surface area contributed by atoms with Crippen LogP contribution in [0.3, 0.4) is 0 Å². The second-order valence-corrected chi connectivity index (χ2v) is 7.44. The van der Waals surface area contributed by atoms with Crippen LogP contribution in [0.4, 0.5) is 0 Å². The molecule has 1 amide bonds. The van der Waals surface area contributed by atoms with Gasteiger partial charge in [0.25, 0.3) is 0 Å². The molecule has 0 radical (unpaired) electrons. The number of ether oxygens (including phenoxy) is 1. The molecule has 0 aromatic rings. The van der Waals surface area contributed by atoms with Gasteiger partial charge in [-0.3, -0.25) is 9.59 Å². The normalized spacial score (nSPS) is 38.4. The van der Waals surface area contributed by atoms with E-state index >= 15 is 0 Å². The molecule has 1 heterocycles. The third-order valence-corrected chi connectivity index (χ3v) is 6.37. The van der Waals surface area contributed by atoms with Gasteiger partial charge in [-0.15, -0.1) is 0 Å². The lowest BCUT2D eigenvalue weighted by molar-refractivity contribution is -0.158. The molecule has 2 fully saturated rings. The Kier molecular flexibility index (Phi) is 4.08. The van der Waals surface area contributed by atoms with Crippen molar-refractivity contribution in [3.8, 4) is 0 Å². The van der Waals surface area contributed by atoms with Gasteiger partial charge in [0, 0.05) is 13.2 Å². The van der Waals surface area contributed by atoms with Crippen LogP contribution in [0.1, 0.15) is 53.4 Å². The maximum Gasteiger partial charge on any atom is 0.309 e. The van der Waals surface area contributed by atoms with Crippen LogP contribution in [0.25, 0.3) is 0 Å². The molecular formula is C16H27NO4. The third-order valence-electron chi connectivity index (χ3n) is 6.37. The minimum Gasteiger partial charge on any atom is -0.481 e. The molecule has 2 N–H and O–H groups in total. The first-order valence-electron chi connectivity index (χ1n) is 7.78. The van der Waals surface area contributed by atoms with Crippen LogP contribution in [-0.2, 0) is 14.3 Å². The van der Waals surface area contributed by atoms with Crippen LogP contribution in [-0.4, -0.2) is 36.2 Å². The lowest BCUT2D eigenvalue weighted by Gasteiger charge is -2.44. The lowest BCUT2D eigenvalue weighted by atomic mass is 9.59. The predicted octanol–water partition coefficient (Wildman–Crippen LogP) is 2.20. The standard InChI is InChI=1S/C16H27NO4/c1-14(2)15(3,7-8-16(14,4)13(19)20)12(18)17-10-11-6-5-9-21-11/h11H,5-10H2,1-4H3,(H,17,18)(H,19,20). The summed E-state index contributed by atoms with van der Waals surface area (Å²) in [6.07, 6.45) is 3.25. The Morgan fingerprint density at radius 3 is 2.29 bits per heavy atom. The summed E-state index contributed by atoms with van der Waals surface area (Å²) in [4.78, 5) is 24.4. The third kappa shape index (κ3) is 2.35. The van der Waals surface area contributed by atoms with Crippen LogP contribution in [0.15, 0.2) is 0 Å². The van der Waals surface area contributed by atoms with Crippen molar-refractivity contribution >= 4 is 11.9 Å². The molecule has 1 aliphatic heterocycles. The number of aliphatic carboxylic acids is 1. The zero-order chi connectivity index (χ0) is 15.9. The maximum atomic E-state index is 12.7. The molecule has 21 heavy (non-hydrogen) atoms. The molecule has 1 aliphatic carbocycles. The average Bonchev–Trinajstić information content (AvgIpc) is 2.99. The van der Waals surface area contributed by atoms with E-state index in [4.69, 9.17) is 4.74 Å². The number of carboxylic acid groups (broad SMARTS) is 1. The van der Waals surface area contributed by atoms with E-state index in [1.54, 1.807) is 6.92 Å². The van der Waals surface area contributed by atoms with Crippen molar-refractivity contribution in [2.75, 3.05) is 13.2 Å². The molecule has 1 saturated carbocycles. The summed E-state index contributed by atoms with van der Waals surface area (Å²) in [5.74, 6) is -0.865. The van der Waals surface area contributed by atoms with Crippen molar-refractivity contribution in [1.29, 1.82) is 0 Å². The summed E-state index contributed by atoms with van der Waals surface area (Å²) in [7, 11) is 0. The summed E-state index contributed by atoms with van der Waals surface area (Å²) in [6.45, 7) is 8.74. The summed E-state index contributed by atoms with van der Waals surface area (Å²) in [5, 5.41) is 12.6. The van der Waals surface area contributed by atoms with Gasteiger partial charge in [-0.2, -0.15) is 0 Å². The first-order chi connectivity index (χ1) is 9.65. The molecule has 0 bridgehead atoms. The van der Waals surface area contributed by atoms with Crippen molar-refractivity contribution in [1.82, 2.24) is 5.32 Å². The van der Waals surface area contributed by atoms with E-state index in [-0.39, 0.29) is 12.0 Å². The first-order valence-corrected chi connectivity index (χ1v) is 7.78. The summed E-state index contributed by atoms with van der Waals surface area (Å²) in [6, 6.07) is 0. The topological polar surface area (TPSA) is 75.6 Å². The van der Waals surface area contributed by atoms with E-state index in [0.29, 0.717) is 19.4 Å². The van der Waals surface area contributed by atoms with Crippen LogP contribution in [0.2, 0.25) is 0 Å². The van der Waals surface area contributed by atoms with E-state index in [1.807, 2.05) is 20.8 Å². The molecule has 0 spiro atoms. The number of carbonyl (C=O) groups is 2. The smallest absolute Gasteiger partial charge is 0.309 e. The Morgan fingerprint density at radius 2 is 1.81 bits per heavy atom. The number of carbonyl (C=O) groups excluding carboxylic acids is 1. The number of rotatable bonds is 4. The Bertz CT molecular complexity index is 442. The van der Waals surface area contributed by atoms with Gasteiger partial charge in [0.05, 0.1) is 16.9 Å². The number of hydrogen-bond acceptors (Lipinski definition) is 3. The van der Waals surface area contributed by atoms with Gasteiger partial charge in [-0.05, 0) is 38.0 Å². The highest BCUT2D eigenvalue weighted by Gasteiger charge is 2.64. The van der Waals surface area contributed by atoms with Gasteiger partial charge in [-0.25, -0.2) is 0 Å². The van der Waals surface area contributed by atoms with Crippen LogP contribution >= 0.6 is 0 Å². The molecule has 3 unspecified atom stereocenters. The second-order valence-electron chi connectivity index (χ2n) is 7.44. The molecule has 0 aromatic heterocycles. The summed E-state index contributed by atoms with van der Waals surface area (Å²) in [5.41, 5.74) is -2.14. The largest absolute Gasteiger partial charge is 0.481 e. The van der Waals surface area contributed by atoms with E-state index in [9.17, 15) is 14.7 Å². The number of nitrogens with one attached hydrogen (secondary N) is 1. The summed E-state index contributed by atoms with van der Waals surface area (Å²) < 4.78 is 5.52. The summed E-state index contributed by atoms with van der Waals surface area (Å²) >= 11 is 0. The van der Waals surface area contributed by atoms with Crippen molar-refractivity contribution < 1.29 is 19.4 Å². The zero-order valence-electron chi connectivity index (χ0n) is 13.5. The fourth-order valence-electron chi connectivity index (χ4n) is 3.71. The molecule has 120 valence electrons. The van der Waals surface area contributed by atoms with Gasteiger partial charge in [0.2, 0.25) is 5.91 Å². The highest BCUT2D eigenvalue weighted by molar-refractivity contribution is 5.86. The average molecular weight is 297 g/mol. The van der Waals surface area contributed by atoms with Crippen LogP contribution in [0, 0.1) is 16.2 Å².